The second-order valence-electron chi connectivity index (χ2n) is 20.5. The third-order valence-electron chi connectivity index (χ3n) is 14.8. The largest absolute Gasteiger partial charge is 0.507 e. The van der Waals surface area contributed by atoms with Gasteiger partial charge in [-0.15, -0.1) is 0 Å². The van der Waals surface area contributed by atoms with Crippen molar-refractivity contribution in [3.63, 3.8) is 0 Å². The van der Waals surface area contributed by atoms with Crippen molar-refractivity contribution in [3.05, 3.63) is 114 Å². The number of hydrogen-bond donors (Lipinski definition) is 3. The Morgan fingerprint density at radius 3 is 2.43 bits per heavy atom. The summed E-state index contributed by atoms with van der Waals surface area (Å²) < 4.78 is 59.2. The number of hydrogen-bond acceptors (Lipinski definition) is 17. The minimum absolute atomic E-state index is 0.00934. The summed E-state index contributed by atoms with van der Waals surface area (Å²) >= 11 is 0. The molecule has 0 radical (unpaired) electrons. The van der Waals surface area contributed by atoms with E-state index in [1.807, 2.05) is 43.3 Å². The van der Waals surface area contributed by atoms with Gasteiger partial charge in [0, 0.05) is 78.0 Å². The molecule has 0 saturated heterocycles. The number of benzene rings is 4. The number of aromatic nitrogens is 4. The Morgan fingerprint density at radius 2 is 1.65 bits per heavy atom. The van der Waals surface area contributed by atoms with E-state index < -0.39 is 28.0 Å². The summed E-state index contributed by atoms with van der Waals surface area (Å²) in [5.41, 5.74) is 5.20. The number of fused-ring (bicyclic) bond motifs is 6. The maximum atomic E-state index is 13.6. The molecule has 7 aromatic rings. The number of likely N-dealkylation sites (N-methyl/N-ethyl adjacent to an activating group) is 2. The van der Waals surface area contributed by atoms with E-state index in [9.17, 15) is 32.7 Å². The van der Waals surface area contributed by atoms with Gasteiger partial charge < -0.3 is 48.8 Å². The van der Waals surface area contributed by atoms with Crippen LogP contribution >= 0.6 is 0 Å². The monoisotopic (exact) mass is 1140 g/mol. The lowest BCUT2D eigenvalue weighted by molar-refractivity contribution is -0.686. The number of unbranched alkanes of at least 4 members (excludes halogenated alkanes) is 1. The average molecular weight is 1140 g/mol. The Kier molecular flexibility index (Phi) is 16.8. The van der Waals surface area contributed by atoms with Gasteiger partial charge in [-0.05, 0) is 109 Å². The molecule has 3 aromatic heterocycles. The number of carbonyl (C=O) groups is 4. The van der Waals surface area contributed by atoms with Crippen molar-refractivity contribution < 1.29 is 61.0 Å². The lowest BCUT2D eigenvalue weighted by Gasteiger charge is -2.41. The first kappa shape index (κ1) is 56.4. The fourth-order valence-electron chi connectivity index (χ4n) is 10.1. The highest BCUT2D eigenvalue weighted by atomic mass is 32.2. The zero-order valence-electron chi connectivity index (χ0n) is 46.2. The molecule has 24 heteroatoms. The molecule has 2 aliphatic heterocycles. The molecule has 0 spiro atoms. The summed E-state index contributed by atoms with van der Waals surface area (Å²) in [7, 11) is 3.33. The number of esters is 1. The number of methoxy groups -OCH3 is 1. The van der Waals surface area contributed by atoms with Crippen LogP contribution in [0, 0.1) is 0 Å². The van der Waals surface area contributed by atoms with Gasteiger partial charge in [-0.3, -0.25) is 14.2 Å². The van der Waals surface area contributed by atoms with Gasteiger partial charge >= 0.3 is 18.1 Å². The highest BCUT2D eigenvalue weighted by molar-refractivity contribution is 7.89. The number of nitrogens with zero attached hydrogens (tertiary/aromatic N) is 9. The van der Waals surface area contributed by atoms with Crippen LogP contribution in [-0.2, 0) is 39.1 Å². The third kappa shape index (κ3) is 12.5. The van der Waals surface area contributed by atoms with E-state index in [0.717, 1.165) is 40.7 Å². The summed E-state index contributed by atoms with van der Waals surface area (Å²) in [6.07, 6.45) is 8.03. The van der Waals surface area contributed by atoms with Gasteiger partial charge in [0.1, 0.15) is 24.5 Å². The molecule has 428 valence electrons. The van der Waals surface area contributed by atoms with Gasteiger partial charge in [-0.25, -0.2) is 32.7 Å². The Morgan fingerprint density at radius 1 is 0.890 bits per heavy atom. The van der Waals surface area contributed by atoms with E-state index in [2.05, 4.69) is 40.9 Å². The third-order valence-corrected chi connectivity index (χ3v) is 16.4. The van der Waals surface area contributed by atoms with Crippen LogP contribution < -0.4 is 38.5 Å². The zero-order valence-corrected chi connectivity index (χ0v) is 47.0. The molecule has 1 saturated carbocycles. The second kappa shape index (κ2) is 24.4. The van der Waals surface area contributed by atoms with Crippen molar-refractivity contribution in [1.29, 1.82) is 0 Å². The Labute approximate surface area is 473 Å². The number of aromatic hydroxyl groups is 1. The summed E-state index contributed by atoms with van der Waals surface area (Å²) in [5.74, 6) is 1.78. The summed E-state index contributed by atoms with van der Waals surface area (Å²) in [6, 6.07) is 22.4. The van der Waals surface area contributed by atoms with Crippen LogP contribution in [0.5, 0.6) is 28.7 Å². The Hall–Kier alpha value is -8.90. The number of carbonyl (C=O) groups excluding carboxylic acids is 4. The molecule has 82 heavy (non-hydrogen) atoms. The molecule has 0 atom stereocenters. The zero-order chi connectivity index (χ0) is 57.7. The van der Waals surface area contributed by atoms with E-state index >= 15 is 0 Å². The molecular weight excluding hydrogens is 1070 g/mol. The van der Waals surface area contributed by atoms with Crippen molar-refractivity contribution in [1.82, 2.24) is 34.4 Å². The minimum Gasteiger partial charge on any atom is -0.507 e. The number of amides is 3. The van der Waals surface area contributed by atoms with Crippen molar-refractivity contribution in [2.45, 2.75) is 77.1 Å². The molecule has 3 amide bonds. The smallest absolute Gasteiger partial charge is 0.409 e. The van der Waals surface area contributed by atoms with Crippen LogP contribution in [0.1, 0.15) is 66.9 Å². The fraction of sp³-hybridized carbons (Fsp3) is 0.362. The Balaban J connectivity index is 0.646. The molecule has 5 heterocycles. The standard InChI is InChI=1S/C58H63N11O12S/c1-6-25-82(75,76)64-41-28-42(29-41)67(4)54-43-19-22-69(55(43)61-34-60-54)57(73)65(2)23-24-66(3)58(74)78-33-36-10-13-39(14-11-36)62-63-40-15-16-48(70)45(30-40)56(72)59-20-8-7-9-52(71)81-53-46-32-68-21-18-38-27-50-51(80-35-79-50)31-44(38)47(68)26-37(46)12-17-49(53)77-5/h10-17,19,22,26-27,30-32,34,41-42,64H,6-9,18,20-21,23-25,28-29,33,35H2,1-5H3,(H-,59,62,70,72)/p+1. The minimum atomic E-state index is -3.31. The molecule has 4 aromatic carbocycles. The fourth-order valence-corrected chi connectivity index (χ4v) is 11.5. The normalized spacial score (nSPS) is 15.1. The van der Waals surface area contributed by atoms with E-state index in [1.54, 1.807) is 56.7 Å². The molecule has 0 bridgehead atoms. The number of nitrogens with one attached hydrogen (secondary N) is 2. The maximum absolute atomic E-state index is 13.6. The first-order valence-corrected chi connectivity index (χ1v) is 28.7. The van der Waals surface area contributed by atoms with E-state index in [4.69, 9.17) is 23.7 Å². The van der Waals surface area contributed by atoms with Gasteiger partial charge in [0.05, 0.1) is 46.1 Å². The second-order valence-corrected chi connectivity index (χ2v) is 22.4. The molecule has 1 fully saturated rings. The molecule has 3 N–H and O–H groups in total. The summed E-state index contributed by atoms with van der Waals surface area (Å²) in [4.78, 5) is 66.7. The van der Waals surface area contributed by atoms with Gasteiger partial charge in [0.15, 0.2) is 41.4 Å². The van der Waals surface area contributed by atoms with Crippen molar-refractivity contribution in [2.24, 2.45) is 10.2 Å². The highest BCUT2D eigenvalue weighted by Gasteiger charge is 2.36. The number of ether oxygens (including phenoxy) is 5. The van der Waals surface area contributed by atoms with Crippen molar-refractivity contribution in [2.75, 3.05) is 65.3 Å². The van der Waals surface area contributed by atoms with Crippen LogP contribution in [0.4, 0.5) is 26.8 Å². The number of phenolic OH excluding ortho intramolecular Hbond substituents is 1. The van der Waals surface area contributed by atoms with Gasteiger partial charge in [-0.1, -0.05) is 19.1 Å². The number of aryl methyl sites for hydroxylation is 2. The highest BCUT2D eigenvalue weighted by Crippen LogP contribution is 2.42. The van der Waals surface area contributed by atoms with Crippen LogP contribution in [0.15, 0.2) is 108 Å². The lowest BCUT2D eigenvalue weighted by atomic mass is 9.86. The van der Waals surface area contributed by atoms with Gasteiger partial charge in [0.2, 0.25) is 22.5 Å². The molecule has 1 aliphatic carbocycles. The van der Waals surface area contributed by atoms with Crippen LogP contribution in [-0.4, -0.2) is 134 Å². The summed E-state index contributed by atoms with van der Waals surface area (Å²) in [6.45, 7) is 3.35. The molecular formula is C58H64N11O12S+. The van der Waals surface area contributed by atoms with Gasteiger partial charge in [0.25, 0.3) is 5.91 Å². The first-order valence-electron chi connectivity index (χ1n) is 27.0. The maximum Gasteiger partial charge on any atom is 0.409 e. The van der Waals surface area contributed by atoms with E-state index in [0.29, 0.717) is 83.1 Å². The predicted octanol–water partition coefficient (Wildman–Crippen LogP) is 7.92. The number of azo groups is 1. The Bertz CT molecular complexity index is 3720. The molecule has 3 aliphatic rings. The first-order chi connectivity index (χ1) is 39.6. The quantitative estimate of drug-likeness (QED) is 0.0203. The van der Waals surface area contributed by atoms with Crippen LogP contribution in [0.25, 0.3) is 33.1 Å². The SMILES string of the molecule is CCCS(=O)(=O)NC1CC(N(C)c2ncnc3c2ccn3C(=O)N(C)CCN(C)C(=O)OCc2ccc(N=Nc3ccc(O)c(C(=O)NCCCCC(=O)Oc4c(OC)ccc5cc6[n+](cc45)CCc4cc5c(cc4-6)OCO5)c3)cc2)C1. The van der Waals surface area contributed by atoms with Crippen LogP contribution in [0.3, 0.4) is 0 Å². The lowest BCUT2D eigenvalue weighted by Crippen LogP contribution is -2.53. The summed E-state index contributed by atoms with van der Waals surface area (Å²) in [5, 5.41) is 24.2. The molecule has 10 rings (SSSR count). The van der Waals surface area contributed by atoms with E-state index in [-0.39, 0.29) is 74.6 Å². The number of anilines is 1. The number of pyridine rings is 1. The van der Waals surface area contributed by atoms with E-state index in [1.165, 1.54) is 51.6 Å². The number of rotatable bonds is 21. The van der Waals surface area contributed by atoms with Crippen LogP contribution in [0.2, 0.25) is 0 Å². The molecule has 23 nitrogen and oxygen atoms in total. The topological polar surface area (TPSA) is 262 Å². The van der Waals surface area contributed by atoms with Crippen molar-refractivity contribution in [3.8, 4) is 40.0 Å². The predicted molar refractivity (Wildman–Crippen MR) is 303 cm³/mol. The van der Waals surface area contributed by atoms with Crippen molar-refractivity contribution >= 4 is 73.0 Å². The average Bonchev–Trinajstić information content (AvgIpc) is 3.87. The number of phenols is 1. The number of sulfonamides is 1. The molecule has 0 unspecified atom stereocenters. The van der Waals surface area contributed by atoms with Gasteiger partial charge in [-0.2, -0.15) is 14.8 Å².